The molecular weight excluding hydrogens is 552 g/mol. The maximum absolute atomic E-state index is 8.31. The SMILES string of the molecule is COc1cc2[nH]c(C)c(CCN3CCN(c4ccccc4)CC3)c2cc1OC.[O]=[Re]. The fourth-order valence-corrected chi connectivity index (χ4v) is 4.17. The number of hydrogen-bond acceptors (Lipinski definition) is 5. The van der Waals surface area contributed by atoms with E-state index in [1.54, 1.807) is 14.2 Å². The normalized spacial score (nSPS) is 14.3. The predicted octanol–water partition coefficient (Wildman–Crippen LogP) is 3.74. The molecule has 1 saturated heterocycles. The molecule has 2 heterocycles. The zero-order valence-electron chi connectivity index (χ0n) is 17.8. The van der Waals surface area contributed by atoms with Crippen LogP contribution >= 0.6 is 0 Å². The molecule has 3 aromatic rings. The maximum atomic E-state index is 8.31. The number of fused-ring (bicyclic) bond motifs is 1. The zero-order chi connectivity index (χ0) is 21.5. The number of benzene rings is 2. The third-order valence-corrected chi connectivity index (χ3v) is 5.80. The fraction of sp³-hybridized carbons (Fsp3) is 0.391. The Kier molecular flexibility index (Phi) is 8.03. The number of anilines is 1. The number of para-hydroxylation sites is 1. The van der Waals surface area contributed by atoms with E-state index < -0.39 is 0 Å². The van der Waals surface area contributed by atoms with Crippen LogP contribution in [0.25, 0.3) is 10.9 Å². The summed E-state index contributed by atoms with van der Waals surface area (Å²) in [4.78, 5) is 8.55. The predicted molar refractivity (Wildman–Crippen MR) is 116 cm³/mol. The molecule has 0 saturated carbocycles. The number of aryl methyl sites for hydroxylation is 1. The van der Waals surface area contributed by atoms with E-state index in [1.165, 1.54) is 22.3 Å². The molecule has 1 N–H and O–H groups in total. The van der Waals surface area contributed by atoms with Crippen molar-refractivity contribution in [3.8, 4) is 11.5 Å². The second-order valence-electron chi connectivity index (χ2n) is 7.40. The van der Waals surface area contributed by atoms with Gasteiger partial charge in [-0.3, -0.25) is 4.90 Å². The van der Waals surface area contributed by atoms with Gasteiger partial charge in [-0.15, -0.1) is 0 Å². The van der Waals surface area contributed by atoms with Gasteiger partial charge in [0.15, 0.2) is 11.5 Å². The van der Waals surface area contributed by atoms with Gasteiger partial charge in [-0.2, -0.15) is 0 Å². The Labute approximate surface area is 188 Å². The van der Waals surface area contributed by atoms with Crippen molar-refractivity contribution in [3.63, 3.8) is 0 Å². The zero-order valence-corrected chi connectivity index (χ0v) is 20.5. The molecule has 0 spiro atoms. The topological polar surface area (TPSA) is 57.8 Å². The van der Waals surface area contributed by atoms with Gasteiger partial charge in [0.1, 0.15) is 0 Å². The molecule has 2 aromatic carbocycles. The van der Waals surface area contributed by atoms with E-state index in [-0.39, 0.29) is 0 Å². The van der Waals surface area contributed by atoms with E-state index in [0.29, 0.717) is 19.2 Å². The summed E-state index contributed by atoms with van der Waals surface area (Å²) in [5, 5.41) is 1.23. The molecule has 4 rings (SSSR count). The Morgan fingerprint density at radius 3 is 2.23 bits per heavy atom. The van der Waals surface area contributed by atoms with Crippen LogP contribution in [0, 0.1) is 6.92 Å². The number of methoxy groups -OCH3 is 2. The molecule has 0 bridgehead atoms. The van der Waals surface area contributed by atoms with Crippen molar-refractivity contribution in [1.29, 1.82) is 0 Å². The Bertz CT molecular complexity index is 953. The van der Waals surface area contributed by atoms with Crippen LogP contribution in [0.4, 0.5) is 5.69 Å². The molecule has 1 aliphatic heterocycles. The van der Waals surface area contributed by atoms with Crippen LogP contribution in [0.1, 0.15) is 11.3 Å². The average molecular weight is 582 g/mol. The van der Waals surface area contributed by atoms with Gasteiger partial charge < -0.3 is 19.4 Å². The first-order valence-electron chi connectivity index (χ1n) is 10.1. The van der Waals surface area contributed by atoms with E-state index in [9.17, 15) is 0 Å². The molecule has 1 aromatic heterocycles. The average Bonchev–Trinajstić information content (AvgIpc) is 3.12. The third kappa shape index (κ3) is 4.92. The first kappa shape index (κ1) is 22.5. The number of ether oxygens (including phenoxy) is 2. The van der Waals surface area contributed by atoms with Gasteiger partial charge in [0, 0.05) is 61.1 Å². The fourth-order valence-electron chi connectivity index (χ4n) is 4.17. The molecule has 0 aliphatic carbocycles. The van der Waals surface area contributed by atoms with Gasteiger partial charge in [-0.1, -0.05) is 18.2 Å². The van der Waals surface area contributed by atoms with Crippen molar-refractivity contribution in [2.24, 2.45) is 0 Å². The molecule has 1 aliphatic rings. The Balaban J connectivity index is 0.00000124. The summed E-state index contributed by atoms with van der Waals surface area (Å²) < 4.78 is 19.2. The van der Waals surface area contributed by atoms with Gasteiger partial charge in [-0.05, 0) is 37.1 Å². The summed E-state index contributed by atoms with van der Waals surface area (Å²) >= 11 is 0.472. The van der Waals surface area contributed by atoms with E-state index in [4.69, 9.17) is 12.9 Å². The van der Waals surface area contributed by atoms with Crippen molar-refractivity contribution in [2.75, 3.05) is 51.8 Å². The molecule has 6 nitrogen and oxygen atoms in total. The van der Waals surface area contributed by atoms with E-state index >= 15 is 0 Å². The number of nitrogens with zero attached hydrogens (tertiary/aromatic N) is 2. The van der Waals surface area contributed by atoms with E-state index in [1.807, 2.05) is 6.07 Å². The molecule has 30 heavy (non-hydrogen) atoms. The number of aromatic nitrogens is 1. The Morgan fingerprint density at radius 2 is 1.60 bits per heavy atom. The summed E-state index contributed by atoms with van der Waals surface area (Å²) in [6, 6.07) is 14.8. The minimum absolute atomic E-state index is 0.472. The second-order valence-corrected chi connectivity index (χ2v) is 7.40. The quantitative estimate of drug-likeness (QED) is 0.481. The first-order valence-corrected chi connectivity index (χ1v) is 11.2. The van der Waals surface area contributed by atoms with Crippen LogP contribution in [0.15, 0.2) is 42.5 Å². The molecule has 161 valence electrons. The molecule has 0 unspecified atom stereocenters. The van der Waals surface area contributed by atoms with Crippen molar-refractivity contribution < 1.29 is 32.1 Å². The van der Waals surface area contributed by atoms with Gasteiger partial charge >= 0.3 is 22.6 Å². The number of rotatable bonds is 6. The van der Waals surface area contributed by atoms with Crippen molar-refractivity contribution in [1.82, 2.24) is 9.88 Å². The number of H-pyrrole nitrogens is 1. The van der Waals surface area contributed by atoms with Crippen molar-refractivity contribution >= 4 is 16.6 Å². The van der Waals surface area contributed by atoms with Crippen LogP contribution in [0.5, 0.6) is 11.5 Å². The molecule has 1 fully saturated rings. The Morgan fingerprint density at radius 1 is 0.967 bits per heavy atom. The molecular formula is C23H29N3O3Re. The van der Waals surface area contributed by atoms with Gasteiger partial charge in [-0.25, -0.2) is 0 Å². The van der Waals surface area contributed by atoms with Crippen LogP contribution < -0.4 is 14.4 Å². The number of nitrogens with one attached hydrogen (secondary N) is 1. The van der Waals surface area contributed by atoms with Crippen LogP contribution in [0.2, 0.25) is 0 Å². The molecule has 7 heteroatoms. The number of hydrogen-bond donors (Lipinski definition) is 1. The number of piperazine rings is 1. The monoisotopic (exact) mass is 582 g/mol. The standard InChI is InChI=1S/C23H29N3O2.O.Re/c1-17-19(20-15-22(27-2)23(28-3)16-21(20)24-17)9-10-25-11-13-26(14-12-25)18-7-5-4-6-8-18;;/h4-8,15-16,24H,9-14H2,1-3H3;;. The summed E-state index contributed by atoms with van der Waals surface area (Å²) in [7, 11) is 3.37. The van der Waals surface area contributed by atoms with Crippen LogP contribution in [0.3, 0.4) is 0 Å². The van der Waals surface area contributed by atoms with Gasteiger partial charge in [0.25, 0.3) is 0 Å². The third-order valence-electron chi connectivity index (χ3n) is 5.80. The molecule has 0 amide bonds. The second kappa shape index (κ2) is 10.7. The summed E-state index contributed by atoms with van der Waals surface area (Å²) in [5.74, 6) is 1.55. The molecule has 0 atom stereocenters. The van der Waals surface area contributed by atoms with Gasteiger partial charge in [0.05, 0.1) is 14.2 Å². The van der Waals surface area contributed by atoms with Crippen LogP contribution in [-0.2, 0) is 29.0 Å². The Hall–Kier alpha value is -2.20. The van der Waals surface area contributed by atoms with Crippen molar-refractivity contribution in [3.05, 3.63) is 53.7 Å². The first-order chi connectivity index (χ1) is 14.7. The summed E-state index contributed by atoms with van der Waals surface area (Å²) in [5.41, 5.74) is 5.05. The summed E-state index contributed by atoms with van der Waals surface area (Å²) in [6.45, 7) is 7.61. The van der Waals surface area contributed by atoms with Crippen LogP contribution in [-0.4, -0.2) is 56.8 Å². The van der Waals surface area contributed by atoms with E-state index in [0.717, 1.165) is 56.2 Å². The summed E-state index contributed by atoms with van der Waals surface area (Å²) in [6.07, 6.45) is 1.03. The minimum atomic E-state index is 0.472. The molecule has 0 radical (unpaired) electrons. The van der Waals surface area contributed by atoms with Crippen molar-refractivity contribution in [2.45, 2.75) is 13.3 Å². The van der Waals surface area contributed by atoms with E-state index in [2.05, 4.69) is 58.1 Å². The number of aromatic amines is 1. The van der Waals surface area contributed by atoms with Gasteiger partial charge in [0.2, 0.25) is 0 Å².